The third kappa shape index (κ3) is 8.69. The summed E-state index contributed by atoms with van der Waals surface area (Å²) >= 11 is 0. The van der Waals surface area contributed by atoms with E-state index in [0.717, 1.165) is 36.1 Å². The Bertz CT molecular complexity index is 1650. The van der Waals surface area contributed by atoms with Crippen LogP contribution in [0.4, 0.5) is 13.2 Å². The van der Waals surface area contributed by atoms with E-state index in [0.29, 0.717) is 18.5 Å². The summed E-state index contributed by atoms with van der Waals surface area (Å²) in [6, 6.07) is 8.46. The lowest BCUT2D eigenvalue weighted by Crippen LogP contribution is -2.50. The molecular formula is C34H41F3N4O5S. The van der Waals surface area contributed by atoms with Crippen LogP contribution in [0.1, 0.15) is 64.7 Å². The molecule has 4 rings (SSSR count). The van der Waals surface area contributed by atoms with Gasteiger partial charge in [0.15, 0.2) is 0 Å². The second-order valence-electron chi connectivity index (χ2n) is 11.9. The minimum atomic E-state index is -4.65. The first-order chi connectivity index (χ1) is 22.2. The molecule has 2 amide bonds. The van der Waals surface area contributed by atoms with Crippen LogP contribution >= 0.6 is 0 Å². The first kappa shape index (κ1) is 35.9. The van der Waals surface area contributed by atoms with E-state index < -0.39 is 33.2 Å². The summed E-state index contributed by atoms with van der Waals surface area (Å²) in [5.74, 6) is -0.766. The lowest BCUT2D eigenvalue weighted by molar-refractivity contribution is -0.137. The fourth-order valence-electron chi connectivity index (χ4n) is 5.64. The number of piperidine rings is 1. The highest BCUT2D eigenvalue weighted by molar-refractivity contribution is 7.89. The number of alkyl halides is 3. The van der Waals surface area contributed by atoms with Gasteiger partial charge in [-0.05, 0) is 86.9 Å². The normalized spacial score (nSPS) is 16.4. The molecule has 2 aromatic carbocycles. The molecule has 0 unspecified atom stereocenters. The number of unbranched alkanes of at least 4 members (excludes halogenated alkanes) is 1. The number of nitrogens with zero attached hydrogens (tertiary/aromatic N) is 3. The van der Waals surface area contributed by atoms with Crippen molar-refractivity contribution in [2.75, 3.05) is 39.0 Å². The number of carbonyl (C=O) groups excluding carboxylic acids is 2. The molecule has 2 aliphatic rings. The van der Waals surface area contributed by atoms with E-state index in [1.54, 1.807) is 36.2 Å². The summed E-state index contributed by atoms with van der Waals surface area (Å²) in [7, 11) is -1.95. The van der Waals surface area contributed by atoms with Gasteiger partial charge in [0, 0.05) is 37.8 Å². The minimum absolute atomic E-state index is 0.00802. The molecule has 2 heterocycles. The Kier molecular flexibility index (Phi) is 11.3. The van der Waals surface area contributed by atoms with Gasteiger partial charge >= 0.3 is 6.18 Å². The number of aliphatic imine (C=N–C) groups is 1. The van der Waals surface area contributed by atoms with Crippen molar-refractivity contribution in [1.82, 2.24) is 14.5 Å². The summed E-state index contributed by atoms with van der Waals surface area (Å²) in [6.07, 6.45) is 1.23. The number of nitrogens with one attached hydrogen (secondary N) is 1. The topological polar surface area (TPSA) is 108 Å². The van der Waals surface area contributed by atoms with E-state index in [1.807, 2.05) is 13.0 Å². The molecule has 1 N–H and O–H groups in total. The molecule has 47 heavy (non-hydrogen) atoms. The first-order valence-corrected chi connectivity index (χ1v) is 17.1. The maximum atomic E-state index is 13.6. The number of halogens is 3. The van der Waals surface area contributed by atoms with Gasteiger partial charge in [-0.2, -0.15) is 13.2 Å². The molecule has 0 aliphatic carbocycles. The molecule has 1 fully saturated rings. The number of amidine groups is 1. The third-order valence-electron chi connectivity index (χ3n) is 8.49. The second-order valence-corrected chi connectivity index (χ2v) is 14.0. The molecule has 0 saturated carbocycles. The quantitative estimate of drug-likeness (QED) is 0.217. The van der Waals surface area contributed by atoms with E-state index in [4.69, 9.17) is 4.74 Å². The molecule has 1 saturated heterocycles. The van der Waals surface area contributed by atoms with Crippen LogP contribution in [0.25, 0.3) is 0 Å². The van der Waals surface area contributed by atoms with Gasteiger partial charge in [0.25, 0.3) is 11.8 Å². The van der Waals surface area contributed by atoms with Crippen LogP contribution in [-0.2, 0) is 27.4 Å². The number of amides is 2. The summed E-state index contributed by atoms with van der Waals surface area (Å²) in [5.41, 5.74) is -0.00529. The zero-order valence-corrected chi connectivity index (χ0v) is 27.6. The van der Waals surface area contributed by atoms with Crippen molar-refractivity contribution in [3.63, 3.8) is 0 Å². The van der Waals surface area contributed by atoms with E-state index >= 15 is 0 Å². The molecular weight excluding hydrogens is 633 g/mol. The van der Waals surface area contributed by atoms with Crippen LogP contribution in [-0.4, -0.2) is 79.9 Å². The molecule has 13 heteroatoms. The van der Waals surface area contributed by atoms with Crippen molar-refractivity contribution in [3.05, 3.63) is 89.5 Å². The van der Waals surface area contributed by atoms with Crippen LogP contribution in [0.5, 0.6) is 5.75 Å². The number of ether oxygens (including phenoxy) is 1. The molecule has 0 bridgehead atoms. The third-order valence-corrected chi connectivity index (χ3v) is 10.4. The highest BCUT2D eigenvalue weighted by atomic mass is 32.2. The Balaban J connectivity index is 1.41. The van der Waals surface area contributed by atoms with Gasteiger partial charge < -0.3 is 15.0 Å². The van der Waals surface area contributed by atoms with E-state index in [-0.39, 0.29) is 67.8 Å². The first-order valence-electron chi connectivity index (χ1n) is 15.5. The van der Waals surface area contributed by atoms with Crippen molar-refractivity contribution in [1.29, 1.82) is 0 Å². The van der Waals surface area contributed by atoms with Crippen LogP contribution < -0.4 is 10.1 Å². The number of allylic oxidation sites excluding steroid dienone is 1. The molecule has 2 aliphatic heterocycles. The fourth-order valence-corrected chi connectivity index (χ4v) is 7.12. The summed E-state index contributed by atoms with van der Waals surface area (Å²) in [4.78, 5) is 32.1. The number of rotatable bonds is 14. The van der Waals surface area contributed by atoms with E-state index in [9.17, 15) is 31.2 Å². The Labute approximate surface area is 274 Å². The number of carbonyl (C=O) groups is 2. The second kappa shape index (κ2) is 14.8. The number of sulfonamides is 1. The van der Waals surface area contributed by atoms with Gasteiger partial charge in [-0.1, -0.05) is 18.2 Å². The van der Waals surface area contributed by atoms with Gasteiger partial charge in [-0.25, -0.2) is 12.7 Å². The van der Waals surface area contributed by atoms with Crippen LogP contribution in [0.15, 0.2) is 66.7 Å². The Morgan fingerprint density at radius 1 is 1.13 bits per heavy atom. The van der Waals surface area contributed by atoms with Crippen molar-refractivity contribution in [3.8, 4) is 5.75 Å². The Morgan fingerprint density at radius 2 is 1.83 bits per heavy atom. The maximum absolute atomic E-state index is 13.6. The predicted molar refractivity (Wildman–Crippen MR) is 175 cm³/mol. The number of hydrogen-bond acceptors (Lipinski definition) is 6. The van der Waals surface area contributed by atoms with Gasteiger partial charge in [0.2, 0.25) is 10.0 Å². The van der Waals surface area contributed by atoms with Gasteiger partial charge in [-0.15, -0.1) is 13.2 Å². The molecule has 0 atom stereocenters. The molecule has 254 valence electrons. The predicted octanol–water partition coefficient (Wildman–Crippen LogP) is 5.29. The van der Waals surface area contributed by atoms with Gasteiger partial charge in [-0.3, -0.25) is 14.6 Å². The summed E-state index contributed by atoms with van der Waals surface area (Å²) in [5, 5.41) is 2.62. The minimum Gasteiger partial charge on any atom is -0.493 e. The zero-order chi connectivity index (χ0) is 34.4. The number of hydrogen-bond donors (Lipinski definition) is 1. The van der Waals surface area contributed by atoms with Crippen molar-refractivity contribution in [2.24, 2.45) is 4.99 Å². The zero-order valence-electron chi connectivity index (χ0n) is 26.7. The fraction of sp³-hybridized carbons (Fsp3) is 0.441. The van der Waals surface area contributed by atoms with Crippen LogP contribution in [0.3, 0.4) is 0 Å². The highest BCUT2D eigenvalue weighted by Gasteiger charge is 2.47. The van der Waals surface area contributed by atoms with Crippen LogP contribution in [0, 0.1) is 6.92 Å². The van der Waals surface area contributed by atoms with Gasteiger partial charge in [0.05, 0.1) is 17.9 Å². The highest BCUT2D eigenvalue weighted by Crippen LogP contribution is 2.36. The average Bonchev–Trinajstić information content (AvgIpc) is 3.34. The van der Waals surface area contributed by atoms with Crippen molar-refractivity contribution >= 4 is 27.7 Å². The monoisotopic (exact) mass is 674 g/mol. The molecule has 0 aromatic heterocycles. The van der Waals surface area contributed by atoms with Gasteiger partial charge in [0.1, 0.15) is 17.1 Å². The number of benzene rings is 2. The summed E-state index contributed by atoms with van der Waals surface area (Å²) < 4.78 is 74.3. The molecule has 2 aromatic rings. The van der Waals surface area contributed by atoms with E-state index in [1.165, 1.54) is 10.4 Å². The maximum Gasteiger partial charge on any atom is 0.416 e. The standard InChI is InChI=1S/C34H41F3N4O5S/c1-5-7-9-15-40(4)31(42)26-11-10-25(24(3)20-26)12-19-47(44,45)41-16-13-33(14-17-41)32(43)38-30(39-33)27-21-28(34(35,36)37)23-29(22-27)46-18-8-6-2/h5-6,10-11,20-23H,1-2,7-9,12-19H2,3-4H3,(H,38,39,43). The smallest absolute Gasteiger partial charge is 0.416 e. The lowest BCUT2D eigenvalue weighted by Gasteiger charge is -2.34. The largest absolute Gasteiger partial charge is 0.493 e. The summed E-state index contributed by atoms with van der Waals surface area (Å²) in [6.45, 7) is 9.93. The Morgan fingerprint density at radius 3 is 2.47 bits per heavy atom. The van der Waals surface area contributed by atoms with Crippen molar-refractivity contribution in [2.45, 2.75) is 57.2 Å². The average molecular weight is 675 g/mol. The molecule has 1 spiro atoms. The van der Waals surface area contributed by atoms with Crippen LogP contribution in [0.2, 0.25) is 0 Å². The van der Waals surface area contributed by atoms with E-state index in [2.05, 4.69) is 23.5 Å². The SMILES string of the molecule is C=CCCCN(C)C(=O)c1ccc(CCS(=O)(=O)N2CCC3(CC2)N=C(c2cc(OCCC=C)cc(C(F)(F)F)c2)NC3=O)c(C)c1. The molecule has 9 nitrogen and oxygen atoms in total. The molecule has 0 radical (unpaired) electrons. The Hall–Kier alpha value is -3.97. The lowest BCUT2D eigenvalue weighted by atomic mass is 9.89. The van der Waals surface area contributed by atoms with Crippen molar-refractivity contribution < 1.29 is 35.9 Å². The number of aryl methyl sites for hydroxylation is 2.